The van der Waals surface area contributed by atoms with Gasteiger partial charge in [0.25, 0.3) is 5.91 Å². The molecule has 1 fully saturated rings. The Bertz CT molecular complexity index is 472. The van der Waals surface area contributed by atoms with E-state index in [-0.39, 0.29) is 12.3 Å². The summed E-state index contributed by atoms with van der Waals surface area (Å²) in [7, 11) is 1.52. The lowest BCUT2D eigenvalue weighted by atomic mass is 10.2. The summed E-state index contributed by atoms with van der Waals surface area (Å²) >= 11 is 1.32. The molecule has 0 bridgehead atoms. The van der Waals surface area contributed by atoms with Crippen molar-refractivity contribution in [1.82, 2.24) is 4.90 Å². The van der Waals surface area contributed by atoms with E-state index in [0.29, 0.717) is 30.3 Å². The van der Waals surface area contributed by atoms with Gasteiger partial charge in [-0.15, -0.1) is 11.3 Å². The van der Waals surface area contributed by atoms with Crippen LogP contribution in [0, 0.1) is 0 Å². The fourth-order valence-corrected chi connectivity index (χ4v) is 2.80. The molecule has 0 aliphatic carbocycles. The Morgan fingerprint density at radius 1 is 1.63 bits per heavy atom. The molecule has 0 spiro atoms. The van der Waals surface area contributed by atoms with Gasteiger partial charge in [-0.05, 0) is 11.4 Å². The third-order valence-corrected chi connectivity index (χ3v) is 3.76. The lowest BCUT2D eigenvalue weighted by Crippen LogP contribution is -2.46. The number of hydrogen-bond acceptors (Lipinski definition) is 5. The summed E-state index contributed by atoms with van der Waals surface area (Å²) in [5.74, 6) is -0.505. The maximum atomic E-state index is 12.3. The van der Waals surface area contributed by atoms with Crippen LogP contribution in [-0.2, 0) is 9.53 Å². The lowest BCUT2D eigenvalue weighted by molar-refractivity contribution is -0.141. The number of aliphatic carboxylic acids is 1. The Labute approximate surface area is 114 Å². The first-order valence-electron chi connectivity index (χ1n) is 5.86. The number of hydrogen-bond donors (Lipinski definition) is 1. The van der Waals surface area contributed by atoms with Crippen LogP contribution in [0.3, 0.4) is 0 Å². The number of carboxylic acids is 1. The van der Waals surface area contributed by atoms with Crippen LogP contribution in [-0.4, -0.2) is 54.8 Å². The highest BCUT2D eigenvalue weighted by atomic mass is 32.1. The monoisotopic (exact) mass is 285 g/mol. The molecule has 7 heteroatoms. The summed E-state index contributed by atoms with van der Waals surface area (Å²) in [6.45, 7) is 1.12. The van der Waals surface area contributed by atoms with E-state index in [0.717, 1.165) is 0 Å². The quantitative estimate of drug-likeness (QED) is 0.895. The van der Waals surface area contributed by atoms with Crippen molar-refractivity contribution in [3.05, 3.63) is 16.3 Å². The maximum Gasteiger partial charge on any atom is 0.306 e. The summed E-state index contributed by atoms with van der Waals surface area (Å²) in [4.78, 5) is 25.2. The highest BCUT2D eigenvalue weighted by Crippen LogP contribution is 2.26. The number of thiophene rings is 1. The van der Waals surface area contributed by atoms with Crippen molar-refractivity contribution in [3.63, 3.8) is 0 Å². The normalized spacial score (nSPS) is 19.2. The Morgan fingerprint density at radius 2 is 2.42 bits per heavy atom. The Morgan fingerprint density at radius 3 is 3.11 bits per heavy atom. The molecule has 0 saturated carbocycles. The number of ether oxygens (including phenoxy) is 2. The molecule has 1 aromatic heterocycles. The van der Waals surface area contributed by atoms with Gasteiger partial charge in [-0.2, -0.15) is 0 Å². The highest BCUT2D eigenvalue weighted by molar-refractivity contribution is 7.12. The predicted octanol–water partition coefficient (Wildman–Crippen LogP) is 1.07. The van der Waals surface area contributed by atoms with Gasteiger partial charge < -0.3 is 19.5 Å². The number of carbonyl (C=O) groups excluding carboxylic acids is 1. The van der Waals surface area contributed by atoms with E-state index in [1.807, 2.05) is 0 Å². The molecule has 19 heavy (non-hydrogen) atoms. The molecule has 6 nitrogen and oxygen atoms in total. The van der Waals surface area contributed by atoms with Crippen molar-refractivity contribution in [2.75, 3.05) is 26.8 Å². The van der Waals surface area contributed by atoms with Crippen LogP contribution in [0.4, 0.5) is 0 Å². The van der Waals surface area contributed by atoms with E-state index in [4.69, 9.17) is 14.6 Å². The minimum Gasteiger partial charge on any atom is -0.495 e. The summed E-state index contributed by atoms with van der Waals surface area (Å²) in [5, 5.41) is 10.5. The number of carbonyl (C=O) groups is 2. The number of amides is 1. The van der Waals surface area contributed by atoms with Gasteiger partial charge in [0.05, 0.1) is 26.2 Å². The average molecular weight is 285 g/mol. The van der Waals surface area contributed by atoms with Crippen LogP contribution in [0.1, 0.15) is 16.1 Å². The van der Waals surface area contributed by atoms with Crippen LogP contribution in [0.5, 0.6) is 5.75 Å². The minimum atomic E-state index is -0.923. The summed E-state index contributed by atoms with van der Waals surface area (Å²) < 4.78 is 10.5. The third-order valence-electron chi connectivity index (χ3n) is 2.87. The van der Waals surface area contributed by atoms with Crippen molar-refractivity contribution in [1.29, 1.82) is 0 Å². The first kappa shape index (κ1) is 13.8. The third kappa shape index (κ3) is 3.24. The Hall–Kier alpha value is -1.60. The first-order valence-corrected chi connectivity index (χ1v) is 6.74. The van der Waals surface area contributed by atoms with Crippen LogP contribution in [0.2, 0.25) is 0 Å². The summed E-state index contributed by atoms with van der Waals surface area (Å²) in [6.07, 6.45) is -0.535. The molecule has 2 heterocycles. The molecular weight excluding hydrogens is 270 g/mol. The van der Waals surface area contributed by atoms with Gasteiger partial charge in [-0.1, -0.05) is 0 Å². The number of carboxylic acid groups (broad SMARTS) is 1. The molecule has 0 radical (unpaired) electrons. The van der Waals surface area contributed by atoms with E-state index in [9.17, 15) is 9.59 Å². The zero-order valence-corrected chi connectivity index (χ0v) is 11.3. The smallest absolute Gasteiger partial charge is 0.306 e. The zero-order valence-electron chi connectivity index (χ0n) is 10.5. The lowest BCUT2D eigenvalue weighted by Gasteiger charge is -2.32. The molecule has 1 aliphatic heterocycles. The number of nitrogens with zero attached hydrogens (tertiary/aromatic N) is 1. The van der Waals surface area contributed by atoms with Gasteiger partial charge in [-0.3, -0.25) is 9.59 Å². The van der Waals surface area contributed by atoms with E-state index in [2.05, 4.69) is 0 Å². The molecular formula is C12H15NO5S. The fourth-order valence-electron chi connectivity index (χ4n) is 1.98. The van der Waals surface area contributed by atoms with Gasteiger partial charge in [-0.25, -0.2) is 0 Å². The fraction of sp³-hybridized carbons (Fsp3) is 0.500. The zero-order chi connectivity index (χ0) is 13.8. The second-order valence-electron chi connectivity index (χ2n) is 4.16. The van der Waals surface area contributed by atoms with E-state index < -0.39 is 12.1 Å². The summed E-state index contributed by atoms with van der Waals surface area (Å²) in [6, 6.07) is 1.74. The number of morpholine rings is 1. The van der Waals surface area contributed by atoms with Crippen LogP contribution >= 0.6 is 11.3 Å². The standard InChI is InChI=1S/C12H15NO5S/c1-17-9-2-5-19-11(9)12(16)13-3-4-18-8(7-13)6-10(14)15/h2,5,8H,3-4,6-7H2,1H3,(H,14,15)/t8-/m0/s1. The molecule has 1 aliphatic rings. The molecule has 1 saturated heterocycles. The SMILES string of the molecule is COc1ccsc1C(=O)N1CCO[C@@H](CC(=O)O)C1. The molecule has 1 N–H and O–H groups in total. The van der Waals surface area contributed by atoms with Crippen molar-refractivity contribution in [2.45, 2.75) is 12.5 Å². The molecule has 2 rings (SSSR count). The van der Waals surface area contributed by atoms with Crippen molar-refractivity contribution in [2.24, 2.45) is 0 Å². The maximum absolute atomic E-state index is 12.3. The molecule has 0 aromatic carbocycles. The minimum absolute atomic E-state index is 0.0919. The number of methoxy groups -OCH3 is 1. The molecule has 104 valence electrons. The van der Waals surface area contributed by atoms with Crippen molar-refractivity contribution in [3.8, 4) is 5.75 Å². The predicted molar refractivity (Wildman–Crippen MR) is 68.8 cm³/mol. The first-order chi connectivity index (χ1) is 9.11. The van der Waals surface area contributed by atoms with Gasteiger partial charge in [0, 0.05) is 13.1 Å². The Balaban J connectivity index is 2.05. The Kier molecular flexibility index (Phi) is 4.39. The molecule has 1 amide bonds. The molecule has 1 aromatic rings. The second-order valence-corrected chi connectivity index (χ2v) is 5.08. The molecule has 1 atom stereocenters. The van der Waals surface area contributed by atoms with Gasteiger partial charge in [0.15, 0.2) is 0 Å². The molecule has 0 unspecified atom stereocenters. The van der Waals surface area contributed by atoms with Crippen molar-refractivity contribution < 1.29 is 24.2 Å². The second kappa shape index (κ2) is 6.03. The van der Waals surface area contributed by atoms with Crippen molar-refractivity contribution >= 4 is 23.2 Å². The van der Waals surface area contributed by atoms with Gasteiger partial charge in [0.2, 0.25) is 0 Å². The number of rotatable bonds is 4. The van der Waals surface area contributed by atoms with E-state index in [1.54, 1.807) is 16.3 Å². The van der Waals surface area contributed by atoms with Crippen LogP contribution < -0.4 is 4.74 Å². The van der Waals surface area contributed by atoms with Gasteiger partial charge in [0.1, 0.15) is 10.6 Å². The summed E-state index contributed by atoms with van der Waals surface area (Å²) in [5.41, 5.74) is 0. The van der Waals surface area contributed by atoms with Crippen LogP contribution in [0.15, 0.2) is 11.4 Å². The van der Waals surface area contributed by atoms with Gasteiger partial charge >= 0.3 is 5.97 Å². The highest BCUT2D eigenvalue weighted by Gasteiger charge is 2.28. The average Bonchev–Trinajstić information content (AvgIpc) is 2.85. The van der Waals surface area contributed by atoms with E-state index in [1.165, 1.54) is 18.4 Å². The van der Waals surface area contributed by atoms with E-state index >= 15 is 0 Å². The van der Waals surface area contributed by atoms with Crippen LogP contribution in [0.25, 0.3) is 0 Å². The largest absolute Gasteiger partial charge is 0.495 e. The topological polar surface area (TPSA) is 76.1 Å².